The fourth-order valence-electron chi connectivity index (χ4n) is 2.36. The number of carbonyl (C=O) groups excluding carboxylic acids is 3. The first-order valence-electron chi connectivity index (χ1n) is 6.95. The molecule has 112 valence electrons. The van der Waals surface area contributed by atoms with Crippen LogP contribution in [0.25, 0.3) is 0 Å². The molecule has 2 rings (SSSR count). The van der Waals surface area contributed by atoms with Gasteiger partial charge in [0, 0.05) is 6.54 Å². The van der Waals surface area contributed by atoms with Crippen LogP contribution in [0, 0.1) is 0 Å². The Morgan fingerprint density at radius 1 is 1.29 bits per heavy atom. The van der Waals surface area contributed by atoms with Crippen molar-refractivity contribution in [2.45, 2.75) is 25.8 Å². The van der Waals surface area contributed by atoms with Crippen LogP contribution in [-0.4, -0.2) is 35.8 Å². The van der Waals surface area contributed by atoms with Crippen molar-refractivity contribution in [3.8, 4) is 0 Å². The van der Waals surface area contributed by atoms with Crippen molar-refractivity contribution < 1.29 is 14.4 Å². The molecule has 0 saturated carbocycles. The molecule has 1 aliphatic rings. The summed E-state index contributed by atoms with van der Waals surface area (Å²) < 4.78 is 0. The number of nitrogens with zero attached hydrogens (tertiary/aromatic N) is 1. The average molecular weight is 289 g/mol. The highest BCUT2D eigenvalue weighted by Crippen LogP contribution is 2.32. The Balaban J connectivity index is 2.27. The van der Waals surface area contributed by atoms with E-state index >= 15 is 0 Å². The fraction of sp³-hybridized carbons (Fsp3) is 0.400. The molecule has 1 saturated heterocycles. The second-order valence-electron chi connectivity index (χ2n) is 5.13. The van der Waals surface area contributed by atoms with E-state index in [1.54, 1.807) is 31.2 Å². The van der Waals surface area contributed by atoms with Gasteiger partial charge in [-0.25, -0.2) is 4.79 Å². The zero-order chi connectivity index (χ0) is 15.5. The quantitative estimate of drug-likeness (QED) is 0.793. The Hall–Kier alpha value is -2.37. The van der Waals surface area contributed by atoms with Crippen molar-refractivity contribution in [3.63, 3.8) is 0 Å². The van der Waals surface area contributed by atoms with E-state index in [4.69, 9.17) is 0 Å². The minimum absolute atomic E-state index is 0.150. The van der Waals surface area contributed by atoms with Crippen molar-refractivity contribution in [3.05, 3.63) is 35.9 Å². The van der Waals surface area contributed by atoms with Gasteiger partial charge in [0.2, 0.25) is 5.91 Å². The lowest BCUT2D eigenvalue weighted by Gasteiger charge is -2.31. The molecule has 0 aliphatic carbocycles. The van der Waals surface area contributed by atoms with E-state index in [-0.39, 0.29) is 12.5 Å². The molecule has 4 amide bonds. The lowest BCUT2D eigenvalue weighted by molar-refractivity contribution is -0.128. The molecule has 6 nitrogen and oxygen atoms in total. The molecule has 0 spiro atoms. The number of rotatable bonds is 5. The summed E-state index contributed by atoms with van der Waals surface area (Å²) in [7, 11) is 0. The van der Waals surface area contributed by atoms with Crippen molar-refractivity contribution in [2.24, 2.45) is 0 Å². The maximum Gasteiger partial charge on any atom is 0.325 e. The van der Waals surface area contributed by atoms with E-state index in [2.05, 4.69) is 10.6 Å². The second-order valence-corrected chi connectivity index (χ2v) is 5.13. The molecule has 0 radical (unpaired) electrons. The lowest BCUT2D eigenvalue weighted by atomic mass is 9.90. The van der Waals surface area contributed by atoms with E-state index in [9.17, 15) is 14.4 Å². The predicted molar refractivity (Wildman–Crippen MR) is 77.3 cm³/mol. The van der Waals surface area contributed by atoms with Crippen molar-refractivity contribution in [1.29, 1.82) is 0 Å². The molecule has 1 atom stereocenters. The van der Waals surface area contributed by atoms with E-state index in [0.29, 0.717) is 12.1 Å². The largest absolute Gasteiger partial charge is 0.355 e. The number of nitrogens with one attached hydrogen (secondary N) is 2. The van der Waals surface area contributed by atoms with Gasteiger partial charge in [-0.1, -0.05) is 37.3 Å². The fourth-order valence-corrected chi connectivity index (χ4v) is 2.36. The molecule has 0 aromatic heterocycles. The summed E-state index contributed by atoms with van der Waals surface area (Å²) in [4.78, 5) is 37.4. The second kappa shape index (κ2) is 5.95. The van der Waals surface area contributed by atoms with Gasteiger partial charge in [0.1, 0.15) is 12.1 Å². The first-order chi connectivity index (χ1) is 10.00. The Bertz CT molecular complexity index is 559. The Morgan fingerprint density at radius 2 is 1.95 bits per heavy atom. The number of amides is 4. The summed E-state index contributed by atoms with van der Waals surface area (Å²) in [5.74, 6) is -0.689. The van der Waals surface area contributed by atoms with Crippen molar-refractivity contribution >= 4 is 17.8 Å². The van der Waals surface area contributed by atoms with E-state index in [1.807, 2.05) is 13.0 Å². The molecular formula is C15H19N3O3. The van der Waals surface area contributed by atoms with E-state index in [1.165, 1.54) is 4.90 Å². The summed E-state index contributed by atoms with van der Waals surface area (Å²) in [6, 6.07) is 8.43. The topological polar surface area (TPSA) is 78.5 Å². The van der Waals surface area contributed by atoms with Gasteiger partial charge in [-0.2, -0.15) is 0 Å². The highest BCUT2D eigenvalue weighted by atomic mass is 16.2. The zero-order valence-corrected chi connectivity index (χ0v) is 12.2. The van der Waals surface area contributed by atoms with E-state index < -0.39 is 17.5 Å². The first kappa shape index (κ1) is 15.0. The van der Waals surface area contributed by atoms with Crippen LogP contribution in [0.3, 0.4) is 0 Å². The molecule has 1 fully saturated rings. The lowest BCUT2D eigenvalue weighted by Crippen LogP contribution is -2.48. The van der Waals surface area contributed by atoms with E-state index in [0.717, 1.165) is 6.42 Å². The van der Waals surface area contributed by atoms with Crippen molar-refractivity contribution in [2.75, 3.05) is 13.1 Å². The van der Waals surface area contributed by atoms with Gasteiger partial charge < -0.3 is 5.32 Å². The summed E-state index contributed by atoms with van der Waals surface area (Å²) >= 11 is 0. The molecule has 1 heterocycles. The number of urea groups is 1. The zero-order valence-electron chi connectivity index (χ0n) is 12.2. The third-order valence-corrected chi connectivity index (χ3v) is 3.66. The summed E-state index contributed by atoms with van der Waals surface area (Å²) in [6.45, 7) is 3.99. The number of benzene rings is 1. The van der Waals surface area contributed by atoms with Gasteiger partial charge in [0.25, 0.3) is 5.91 Å². The van der Waals surface area contributed by atoms with Gasteiger partial charge in [0.15, 0.2) is 0 Å². The number of hydrogen-bond acceptors (Lipinski definition) is 3. The number of hydrogen-bond donors (Lipinski definition) is 2. The molecule has 1 aliphatic heterocycles. The van der Waals surface area contributed by atoms with Crippen LogP contribution < -0.4 is 10.6 Å². The van der Waals surface area contributed by atoms with Crippen LogP contribution in [0.4, 0.5) is 4.79 Å². The van der Waals surface area contributed by atoms with Gasteiger partial charge in [-0.15, -0.1) is 0 Å². The maximum atomic E-state index is 12.2. The molecule has 1 aromatic carbocycles. The third kappa shape index (κ3) is 2.74. The van der Waals surface area contributed by atoms with Crippen LogP contribution in [0.2, 0.25) is 0 Å². The van der Waals surface area contributed by atoms with Crippen LogP contribution >= 0.6 is 0 Å². The van der Waals surface area contributed by atoms with Gasteiger partial charge in [-0.05, 0) is 18.9 Å². The number of imide groups is 1. The molecule has 6 heteroatoms. The highest BCUT2D eigenvalue weighted by molar-refractivity contribution is 6.08. The first-order valence-corrected chi connectivity index (χ1v) is 6.95. The minimum Gasteiger partial charge on any atom is -0.355 e. The SMILES string of the molecule is CCCNC(=O)CN1C(=O)NC(=O)C1(C)c1ccccc1. The summed E-state index contributed by atoms with van der Waals surface area (Å²) in [5.41, 5.74) is -0.487. The standard InChI is InChI=1S/C15H19N3O3/c1-3-9-16-12(19)10-18-14(21)17-13(20)15(18,2)11-7-5-4-6-8-11/h4-8H,3,9-10H2,1-2H3,(H,16,19)(H,17,20,21). The average Bonchev–Trinajstić information content (AvgIpc) is 2.70. The minimum atomic E-state index is -1.16. The Labute approximate surface area is 123 Å². The van der Waals surface area contributed by atoms with Gasteiger partial charge in [-0.3, -0.25) is 19.8 Å². The molecule has 0 bridgehead atoms. The van der Waals surface area contributed by atoms with Crippen LogP contribution in [-0.2, 0) is 15.1 Å². The van der Waals surface area contributed by atoms with Gasteiger partial charge >= 0.3 is 6.03 Å². The maximum absolute atomic E-state index is 12.2. The molecule has 2 N–H and O–H groups in total. The smallest absolute Gasteiger partial charge is 0.325 e. The Kier molecular flexibility index (Phi) is 4.26. The van der Waals surface area contributed by atoms with Gasteiger partial charge in [0.05, 0.1) is 0 Å². The molecule has 1 unspecified atom stereocenters. The monoisotopic (exact) mass is 289 g/mol. The van der Waals surface area contributed by atoms with Crippen molar-refractivity contribution in [1.82, 2.24) is 15.5 Å². The highest BCUT2D eigenvalue weighted by Gasteiger charge is 2.50. The molecule has 21 heavy (non-hydrogen) atoms. The third-order valence-electron chi connectivity index (χ3n) is 3.66. The summed E-state index contributed by atoms with van der Waals surface area (Å²) in [6.07, 6.45) is 0.812. The summed E-state index contributed by atoms with van der Waals surface area (Å²) in [5, 5.41) is 5.00. The number of carbonyl (C=O) groups is 3. The normalized spacial score (nSPS) is 21.3. The predicted octanol–water partition coefficient (Wildman–Crippen LogP) is 0.980. The molecular weight excluding hydrogens is 270 g/mol. The van der Waals surface area contributed by atoms with Crippen LogP contribution in [0.15, 0.2) is 30.3 Å². The molecule has 1 aromatic rings. The van der Waals surface area contributed by atoms with Crippen LogP contribution in [0.1, 0.15) is 25.8 Å². The Morgan fingerprint density at radius 3 is 2.57 bits per heavy atom. The van der Waals surface area contributed by atoms with Crippen LogP contribution in [0.5, 0.6) is 0 Å².